The minimum absolute atomic E-state index is 0.203. The van der Waals surface area contributed by atoms with E-state index in [0.717, 1.165) is 125 Å². The molecule has 0 heterocycles. The average Bonchev–Trinajstić information content (AvgIpc) is 3.98. The maximum Gasteiger partial charge on any atom is 0.762 e. The highest BCUT2D eigenvalue weighted by Crippen LogP contribution is 2.48. The number of benzene rings is 6. The molecular formula is C59H62BBr2F3O7S. The number of ketones is 3. The molecule has 384 valence electrons. The minimum Gasteiger partial charge on any atom is -0.508 e. The molecule has 6 aromatic carbocycles. The molecule has 0 bridgehead atoms. The summed E-state index contributed by atoms with van der Waals surface area (Å²) in [7, 11) is 1.33. The lowest BCUT2D eigenvalue weighted by molar-refractivity contribution is 0.0765. The summed E-state index contributed by atoms with van der Waals surface area (Å²) in [5, 5.41) is 11.3. The highest BCUT2D eigenvalue weighted by molar-refractivity contribution is 9.09. The molecule has 5 aliphatic carbocycles. The van der Waals surface area contributed by atoms with Crippen LogP contribution in [0, 0.1) is 10.8 Å². The van der Waals surface area contributed by atoms with Crippen molar-refractivity contribution in [2.24, 2.45) is 10.8 Å². The standard InChI is InChI=1S/C19H18O2.C18H16O2.C11H12O2.C9H10Br2O.C2H6S.BF3/c1-21-16-6-7-17-13(10-16)8-9-19(18(17)20)11-14-4-2-3-5-15(14)12-19;19-15-5-6-16-12(9-15)7-8-18(17(16)20)10-13-3-1-2-4-14(13)11-18;1-13-9-5-6-10-8(7-9)3-2-4-11(10)12;1-12-9-3-2-7(5-10)8(4-9)6-11;1-3-2;2-1(3)4/h2-7,10H,8-9,11-12H2,1H3;1-6,9,19H,7-8,10-11H2;5-7H,2-4H2,1H3;2-4H,5-6H2,1H3;1-2H3;. The number of aryl methyl sites for hydroxylation is 3. The molecule has 2 spiro atoms. The first kappa shape index (κ1) is 57.0. The summed E-state index contributed by atoms with van der Waals surface area (Å²) in [6.45, 7) is 0. The zero-order valence-electron chi connectivity index (χ0n) is 42.0. The summed E-state index contributed by atoms with van der Waals surface area (Å²) in [6, 6.07) is 39.7. The fraction of sp³-hybridized carbons (Fsp3) is 0.339. The van der Waals surface area contributed by atoms with Gasteiger partial charge in [-0.25, -0.2) is 0 Å². The number of carbonyl (C=O) groups is 3. The van der Waals surface area contributed by atoms with Gasteiger partial charge in [0.25, 0.3) is 0 Å². The number of methoxy groups -OCH3 is 3. The molecule has 0 saturated heterocycles. The van der Waals surface area contributed by atoms with E-state index in [1.807, 2.05) is 61.0 Å². The van der Waals surface area contributed by atoms with Gasteiger partial charge in [0.15, 0.2) is 17.3 Å². The van der Waals surface area contributed by atoms with Crippen molar-refractivity contribution in [3.8, 4) is 23.0 Å². The molecule has 7 nitrogen and oxygen atoms in total. The molecule has 0 atom stereocenters. The second kappa shape index (κ2) is 26.8. The third-order valence-corrected chi connectivity index (χ3v) is 15.3. The predicted molar refractivity (Wildman–Crippen MR) is 296 cm³/mol. The average molecular weight is 1140 g/mol. The lowest BCUT2D eigenvalue weighted by Gasteiger charge is -2.33. The molecule has 0 aromatic heterocycles. The Kier molecular flexibility index (Phi) is 20.9. The largest absolute Gasteiger partial charge is 0.762 e. The normalized spacial score (nSPS) is 15.5. The van der Waals surface area contributed by atoms with Crippen molar-refractivity contribution in [3.63, 3.8) is 0 Å². The first-order valence-corrected chi connectivity index (χ1v) is 28.1. The van der Waals surface area contributed by atoms with Crippen molar-refractivity contribution in [1.29, 1.82) is 0 Å². The summed E-state index contributed by atoms with van der Waals surface area (Å²) in [5.41, 5.74) is 13.3. The number of aromatic hydroxyl groups is 1. The molecule has 73 heavy (non-hydrogen) atoms. The van der Waals surface area contributed by atoms with Crippen LogP contribution in [0.3, 0.4) is 0 Å². The lowest BCUT2D eigenvalue weighted by Crippen LogP contribution is -2.36. The van der Waals surface area contributed by atoms with Crippen molar-refractivity contribution in [1.82, 2.24) is 0 Å². The van der Waals surface area contributed by atoms with Crippen LogP contribution in [0.4, 0.5) is 12.9 Å². The van der Waals surface area contributed by atoms with E-state index in [1.54, 1.807) is 51.3 Å². The summed E-state index contributed by atoms with van der Waals surface area (Å²) < 4.78 is 44.5. The van der Waals surface area contributed by atoms with Gasteiger partial charge in [-0.15, -0.1) is 0 Å². The number of fused-ring (bicyclic) bond motifs is 5. The Labute approximate surface area is 449 Å². The van der Waals surface area contributed by atoms with Crippen molar-refractivity contribution in [2.75, 3.05) is 33.8 Å². The molecule has 11 rings (SSSR count). The first-order chi connectivity index (χ1) is 35.2. The van der Waals surface area contributed by atoms with Gasteiger partial charge in [-0.1, -0.05) is 86.5 Å². The van der Waals surface area contributed by atoms with Gasteiger partial charge in [0.05, 0.1) is 21.3 Å². The van der Waals surface area contributed by atoms with E-state index in [1.165, 1.54) is 33.4 Å². The third-order valence-electron chi connectivity index (χ3n) is 14.1. The van der Waals surface area contributed by atoms with Crippen LogP contribution in [0.25, 0.3) is 0 Å². The van der Waals surface area contributed by atoms with Gasteiger partial charge >= 0.3 is 7.54 Å². The zero-order valence-corrected chi connectivity index (χ0v) is 46.0. The molecule has 0 radical (unpaired) electrons. The molecule has 0 amide bonds. The molecule has 0 aliphatic heterocycles. The number of halogens is 5. The summed E-state index contributed by atoms with van der Waals surface area (Å²) in [5.74, 6) is 3.69. The van der Waals surface area contributed by atoms with Gasteiger partial charge in [0.1, 0.15) is 23.0 Å². The van der Waals surface area contributed by atoms with E-state index < -0.39 is 7.54 Å². The maximum absolute atomic E-state index is 13.1. The molecule has 14 heteroatoms. The first-order valence-electron chi connectivity index (χ1n) is 24.2. The Morgan fingerprint density at radius 3 is 1.34 bits per heavy atom. The van der Waals surface area contributed by atoms with Crippen molar-refractivity contribution in [3.05, 3.63) is 188 Å². The SMILES string of the molecule is COc1ccc(CBr)c(CBr)c1.COc1ccc2c(c1)CCC1(Cc3ccccc3C1)C2=O.COc1ccc2c(c1)CCCC2=O.CSC.FB(F)F.O=C1c2ccc(O)cc2CCC12Cc1ccccc1C2. The molecule has 6 aromatic rings. The maximum atomic E-state index is 13.1. The van der Waals surface area contributed by atoms with Crippen LogP contribution < -0.4 is 14.2 Å². The lowest BCUT2D eigenvalue weighted by atomic mass is 9.68. The van der Waals surface area contributed by atoms with Crippen LogP contribution in [-0.4, -0.2) is 63.8 Å². The number of hydrogen-bond acceptors (Lipinski definition) is 8. The number of ether oxygens (including phenoxy) is 3. The van der Waals surface area contributed by atoms with E-state index >= 15 is 0 Å². The number of rotatable bonds is 5. The smallest absolute Gasteiger partial charge is 0.508 e. The zero-order chi connectivity index (χ0) is 52.7. The van der Waals surface area contributed by atoms with Gasteiger partial charge in [-0.05, 0) is 194 Å². The van der Waals surface area contributed by atoms with Crippen molar-refractivity contribution in [2.45, 2.75) is 81.3 Å². The fourth-order valence-corrected chi connectivity index (χ4v) is 11.5. The Morgan fingerprint density at radius 2 is 0.904 bits per heavy atom. The number of carbonyl (C=O) groups excluding carboxylic acids is 3. The second-order valence-electron chi connectivity index (χ2n) is 18.7. The quantitative estimate of drug-likeness (QED) is 0.135. The van der Waals surface area contributed by atoms with Crippen LogP contribution in [-0.2, 0) is 55.6 Å². The van der Waals surface area contributed by atoms with E-state index in [-0.39, 0.29) is 28.1 Å². The summed E-state index contributed by atoms with van der Waals surface area (Å²) in [6.07, 6.45) is 13.9. The van der Waals surface area contributed by atoms with E-state index in [0.29, 0.717) is 12.2 Å². The monoisotopic (exact) mass is 1140 g/mol. The van der Waals surface area contributed by atoms with Gasteiger partial charge in [0, 0.05) is 44.6 Å². The Morgan fingerprint density at radius 1 is 0.521 bits per heavy atom. The van der Waals surface area contributed by atoms with Crippen molar-refractivity contribution < 1.29 is 46.6 Å². The minimum atomic E-state index is -3.67. The third kappa shape index (κ3) is 14.1. The molecule has 0 unspecified atom stereocenters. The predicted octanol–water partition coefficient (Wildman–Crippen LogP) is 14.5. The molecular weight excluding hydrogens is 1080 g/mol. The van der Waals surface area contributed by atoms with Gasteiger partial charge in [-0.2, -0.15) is 11.8 Å². The van der Waals surface area contributed by atoms with Crippen LogP contribution in [0.5, 0.6) is 23.0 Å². The second-order valence-corrected chi connectivity index (χ2v) is 20.6. The van der Waals surface area contributed by atoms with Crippen LogP contribution in [0.15, 0.2) is 121 Å². The number of alkyl halides is 2. The fourth-order valence-electron chi connectivity index (χ4n) is 10.5. The Bertz CT molecular complexity index is 2830. The van der Waals surface area contributed by atoms with Gasteiger partial charge < -0.3 is 19.3 Å². The number of hydrogen-bond donors (Lipinski definition) is 1. The molecule has 0 saturated carbocycles. The van der Waals surface area contributed by atoms with E-state index in [4.69, 9.17) is 14.2 Å². The number of thioether (sulfide) groups is 1. The van der Waals surface area contributed by atoms with E-state index in [9.17, 15) is 32.4 Å². The van der Waals surface area contributed by atoms with Crippen LogP contribution in [0.2, 0.25) is 0 Å². The van der Waals surface area contributed by atoms with E-state index in [2.05, 4.69) is 86.5 Å². The van der Waals surface area contributed by atoms with Gasteiger partial charge in [-0.3, -0.25) is 27.3 Å². The van der Waals surface area contributed by atoms with Gasteiger partial charge in [0.2, 0.25) is 0 Å². The Hall–Kier alpha value is -5.31. The molecule has 5 aliphatic rings. The Balaban J connectivity index is 0.000000156. The summed E-state index contributed by atoms with van der Waals surface area (Å²) in [4.78, 5) is 37.5. The number of Topliss-reactive ketones (excluding diaryl/α,β-unsaturated/α-hetero) is 3. The highest BCUT2D eigenvalue weighted by atomic mass is 79.9. The van der Waals surface area contributed by atoms with Crippen molar-refractivity contribution >= 4 is 68.5 Å². The van der Waals surface area contributed by atoms with Crippen LogP contribution >= 0.6 is 43.6 Å². The number of phenols is 1. The number of phenolic OH excluding ortho intramolecular Hbond substituents is 1. The molecule has 1 N–H and O–H groups in total. The summed E-state index contributed by atoms with van der Waals surface area (Å²) >= 11 is 8.62. The highest BCUT2D eigenvalue weighted by Gasteiger charge is 2.47. The molecule has 0 fully saturated rings. The van der Waals surface area contributed by atoms with Crippen LogP contribution in [0.1, 0.15) is 107 Å². The topological polar surface area (TPSA) is 99.1 Å².